The van der Waals surface area contributed by atoms with E-state index in [4.69, 9.17) is 9.47 Å². The molecule has 2 aliphatic rings. The van der Waals surface area contributed by atoms with Crippen LogP contribution in [-0.4, -0.2) is 65.2 Å². The third-order valence-corrected chi connectivity index (χ3v) is 7.70. The number of carbonyl (C=O) groups excluding carboxylic acids is 1. The number of nitrogens with zero attached hydrogens (tertiary/aromatic N) is 4. The van der Waals surface area contributed by atoms with Crippen molar-refractivity contribution in [2.24, 2.45) is 0 Å². The van der Waals surface area contributed by atoms with Gasteiger partial charge in [-0.1, -0.05) is 12.1 Å². The van der Waals surface area contributed by atoms with E-state index in [1.807, 2.05) is 12.1 Å². The van der Waals surface area contributed by atoms with Gasteiger partial charge in [0.05, 0.1) is 11.7 Å². The average molecular weight is 459 g/mol. The lowest BCUT2D eigenvalue weighted by atomic mass is 10.2. The third kappa shape index (κ3) is 3.75. The van der Waals surface area contributed by atoms with E-state index in [0.717, 1.165) is 17.3 Å². The molecule has 0 atom stereocenters. The first-order valence-electron chi connectivity index (χ1n) is 9.60. The van der Waals surface area contributed by atoms with Crippen LogP contribution in [0.1, 0.15) is 5.56 Å². The number of sulfonamides is 1. The van der Waals surface area contributed by atoms with Gasteiger partial charge in [-0.2, -0.15) is 13.1 Å². The van der Waals surface area contributed by atoms with Gasteiger partial charge < -0.3 is 14.4 Å². The number of hydrogen-bond donors (Lipinski definition) is 0. The average Bonchev–Trinajstić information content (AvgIpc) is 3.46. The maximum absolute atomic E-state index is 13.1. The fraction of sp³-hybridized carbons (Fsp3) is 0.250. The molecule has 3 heterocycles. The molecule has 1 amide bonds. The van der Waals surface area contributed by atoms with E-state index in [9.17, 15) is 13.2 Å². The Hall–Kier alpha value is -3.02. The Morgan fingerprint density at radius 3 is 2.68 bits per heavy atom. The largest absolute Gasteiger partial charge is 0.454 e. The summed E-state index contributed by atoms with van der Waals surface area (Å²) >= 11 is 0.986. The first kappa shape index (κ1) is 19.9. The predicted octanol–water partition coefficient (Wildman–Crippen LogP) is 1.97. The standard InChI is InChI=1S/C20H18N4O5S2/c25-19(7-5-14-4-6-16-17(12-14)29-13-28-16)23-8-10-24(11-9-23)31(26,27)18-3-1-2-15-20(18)22-30-21-15/h1-7,12H,8-11,13H2/b7-5+. The summed E-state index contributed by atoms with van der Waals surface area (Å²) in [7, 11) is -3.71. The molecule has 31 heavy (non-hydrogen) atoms. The van der Waals surface area contributed by atoms with Crippen molar-refractivity contribution in [1.29, 1.82) is 0 Å². The van der Waals surface area contributed by atoms with E-state index in [2.05, 4.69) is 8.75 Å². The number of amides is 1. The maximum atomic E-state index is 13.1. The van der Waals surface area contributed by atoms with Crippen LogP contribution in [0.15, 0.2) is 47.4 Å². The van der Waals surface area contributed by atoms with E-state index in [1.165, 1.54) is 10.4 Å². The van der Waals surface area contributed by atoms with Crippen molar-refractivity contribution in [2.45, 2.75) is 4.90 Å². The Morgan fingerprint density at radius 1 is 1.03 bits per heavy atom. The summed E-state index contributed by atoms with van der Waals surface area (Å²) in [6.07, 6.45) is 3.20. The monoisotopic (exact) mass is 458 g/mol. The molecule has 11 heteroatoms. The van der Waals surface area contributed by atoms with Crippen LogP contribution in [0, 0.1) is 0 Å². The quantitative estimate of drug-likeness (QED) is 0.551. The smallest absolute Gasteiger partial charge is 0.246 e. The second kappa shape index (κ2) is 7.91. The van der Waals surface area contributed by atoms with Gasteiger partial charge in [0.2, 0.25) is 22.7 Å². The highest BCUT2D eigenvalue weighted by Crippen LogP contribution is 2.32. The number of ether oxygens (including phenoxy) is 2. The molecule has 2 aromatic carbocycles. The lowest BCUT2D eigenvalue weighted by Gasteiger charge is -2.33. The van der Waals surface area contributed by atoms with Crippen LogP contribution in [0.4, 0.5) is 0 Å². The number of rotatable bonds is 4. The summed E-state index contributed by atoms with van der Waals surface area (Å²) < 4.78 is 46.5. The van der Waals surface area contributed by atoms with Gasteiger partial charge in [0.25, 0.3) is 0 Å². The molecule has 160 valence electrons. The summed E-state index contributed by atoms with van der Waals surface area (Å²) in [6.45, 7) is 1.27. The molecule has 1 fully saturated rings. The lowest BCUT2D eigenvalue weighted by molar-refractivity contribution is -0.127. The van der Waals surface area contributed by atoms with Gasteiger partial charge in [0.15, 0.2) is 11.5 Å². The summed E-state index contributed by atoms with van der Waals surface area (Å²) in [5.41, 5.74) is 1.77. The number of aromatic nitrogens is 2. The molecular formula is C20H18N4O5S2. The normalized spacial score (nSPS) is 17.0. The van der Waals surface area contributed by atoms with Crippen molar-refractivity contribution in [2.75, 3.05) is 33.0 Å². The molecule has 0 aliphatic carbocycles. The van der Waals surface area contributed by atoms with Crippen molar-refractivity contribution >= 4 is 44.8 Å². The van der Waals surface area contributed by atoms with Crippen LogP contribution in [0.2, 0.25) is 0 Å². The highest BCUT2D eigenvalue weighted by molar-refractivity contribution is 7.89. The number of piperazine rings is 1. The van der Waals surface area contributed by atoms with Crippen molar-refractivity contribution in [3.63, 3.8) is 0 Å². The minimum Gasteiger partial charge on any atom is -0.454 e. The summed E-state index contributed by atoms with van der Waals surface area (Å²) in [5.74, 6) is 1.17. The van der Waals surface area contributed by atoms with Gasteiger partial charge in [-0.05, 0) is 35.9 Å². The molecule has 1 saturated heterocycles. The minimum absolute atomic E-state index is 0.154. The maximum Gasteiger partial charge on any atom is 0.246 e. The van der Waals surface area contributed by atoms with E-state index in [0.29, 0.717) is 35.6 Å². The topological polar surface area (TPSA) is 102 Å². The van der Waals surface area contributed by atoms with Crippen LogP contribution in [0.3, 0.4) is 0 Å². The van der Waals surface area contributed by atoms with Crippen LogP contribution < -0.4 is 9.47 Å². The number of carbonyl (C=O) groups is 1. The third-order valence-electron chi connectivity index (χ3n) is 5.23. The van der Waals surface area contributed by atoms with Crippen LogP contribution in [-0.2, 0) is 14.8 Å². The second-order valence-corrected chi connectivity index (χ2v) is 9.50. The van der Waals surface area contributed by atoms with Gasteiger partial charge in [0.1, 0.15) is 15.9 Å². The zero-order chi connectivity index (χ0) is 21.4. The fourth-order valence-electron chi connectivity index (χ4n) is 3.57. The highest BCUT2D eigenvalue weighted by Gasteiger charge is 2.31. The summed E-state index contributed by atoms with van der Waals surface area (Å²) in [6, 6.07) is 10.4. The van der Waals surface area contributed by atoms with E-state index in [1.54, 1.807) is 35.2 Å². The van der Waals surface area contributed by atoms with Gasteiger partial charge in [0, 0.05) is 32.3 Å². The van der Waals surface area contributed by atoms with Crippen LogP contribution in [0.25, 0.3) is 17.1 Å². The van der Waals surface area contributed by atoms with Crippen molar-refractivity contribution in [1.82, 2.24) is 18.0 Å². The van der Waals surface area contributed by atoms with Crippen molar-refractivity contribution < 1.29 is 22.7 Å². The Morgan fingerprint density at radius 2 is 1.84 bits per heavy atom. The molecular weight excluding hydrogens is 440 g/mol. The predicted molar refractivity (Wildman–Crippen MR) is 114 cm³/mol. The Balaban J connectivity index is 1.25. The Labute approximate surface area is 182 Å². The lowest BCUT2D eigenvalue weighted by Crippen LogP contribution is -2.50. The van der Waals surface area contributed by atoms with Gasteiger partial charge in [-0.15, -0.1) is 0 Å². The highest BCUT2D eigenvalue weighted by atomic mass is 32.2. The Kier molecular flexibility index (Phi) is 5.08. The zero-order valence-corrected chi connectivity index (χ0v) is 17.9. The molecule has 0 saturated carbocycles. The summed E-state index contributed by atoms with van der Waals surface area (Å²) in [5, 5.41) is 0. The van der Waals surface area contributed by atoms with E-state index < -0.39 is 10.0 Å². The molecule has 5 rings (SSSR count). The second-order valence-electron chi connectivity index (χ2n) is 7.06. The first-order chi connectivity index (χ1) is 15.0. The summed E-state index contributed by atoms with van der Waals surface area (Å²) in [4.78, 5) is 14.4. The van der Waals surface area contributed by atoms with Crippen LogP contribution in [0.5, 0.6) is 11.5 Å². The fourth-order valence-corrected chi connectivity index (χ4v) is 5.74. The molecule has 3 aromatic rings. The molecule has 0 bridgehead atoms. The number of fused-ring (bicyclic) bond motifs is 2. The van der Waals surface area contributed by atoms with Gasteiger partial charge in [-0.25, -0.2) is 8.42 Å². The number of benzene rings is 2. The molecule has 0 unspecified atom stereocenters. The number of hydrogen-bond acceptors (Lipinski definition) is 8. The Bertz CT molecular complexity index is 1280. The molecule has 9 nitrogen and oxygen atoms in total. The molecule has 0 N–H and O–H groups in total. The molecule has 2 aliphatic heterocycles. The van der Waals surface area contributed by atoms with Gasteiger partial charge >= 0.3 is 0 Å². The molecule has 1 aromatic heterocycles. The van der Waals surface area contributed by atoms with Crippen molar-refractivity contribution in [3.8, 4) is 11.5 Å². The molecule has 0 radical (unpaired) electrons. The van der Waals surface area contributed by atoms with E-state index >= 15 is 0 Å². The van der Waals surface area contributed by atoms with Gasteiger partial charge in [-0.3, -0.25) is 4.79 Å². The minimum atomic E-state index is -3.71. The van der Waals surface area contributed by atoms with E-state index in [-0.39, 0.29) is 30.7 Å². The first-order valence-corrected chi connectivity index (χ1v) is 11.8. The molecule has 0 spiro atoms. The zero-order valence-electron chi connectivity index (χ0n) is 16.3. The van der Waals surface area contributed by atoms with Crippen molar-refractivity contribution in [3.05, 3.63) is 48.0 Å². The SMILES string of the molecule is O=C(/C=C/c1ccc2c(c1)OCO2)N1CCN(S(=O)(=O)c2cccc3nsnc23)CC1. The van der Waals surface area contributed by atoms with Crippen LogP contribution >= 0.6 is 11.7 Å².